The Morgan fingerprint density at radius 1 is 0.913 bits per heavy atom. The lowest BCUT2D eigenvalue weighted by Gasteiger charge is -2.11. The molecule has 4 heteroatoms. The van der Waals surface area contributed by atoms with Gasteiger partial charge in [0.2, 0.25) is 0 Å². The first-order valence-corrected chi connectivity index (χ1v) is 8.01. The maximum atomic E-state index is 5.62. The quantitative estimate of drug-likeness (QED) is 0.723. The van der Waals surface area contributed by atoms with Crippen LogP contribution in [0.1, 0.15) is 18.1 Å². The van der Waals surface area contributed by atoms with Crippen LogP contribution in [-0.2, 0) is 13.0 Å². The SMILES string of the molecule is CCOc1cc(C[NH2+]CCc2ccccc2OC)ccc1OC. The minimum absolute atomic E-state index is 0.636. The van der Waals surface area contributed by atoms with E-state index >= 15 is 0 Å². The molecule has 0 aliphatic rings. The summed E-state index contributed by atoms with van der Waals surface area (Å²) in [7, 11) is 3.38. The zero-order valence-corrected chi connectivity index (χ0v) is 14.2. The van der Waals surface area contributed by atoms with Crippen molar-refractivity contribution in [3.8, 4) is 17.2 Å². The third kappa shape index (κ3) is 4.89. The van der Waals surface area contributed by atoms with Gasteiger partial charge in [-0.05, 0) is 36.8 Å². The fourth-order valence-corrected chi connectivity index (χ4v) is 2.55. The Balaban J connectivity index is 1.87. The number of methoxy groups -OCH3 is 2. The summed E-state index contributed by atoms with van der Waals surface area (Å²) in [5.41, 5.74) is 2.48. The molecule has 0 unspecified atom stereocenters. The van der Waals surface area contributed by atoms with Gasteiger partial charge in [-0.3, -0.25) is 0 Å². The molecule has 0 bridgehead atoms. The van der Waals surface area contributed by atoms with Gasteiger partial charge in [-0.25, -0.2) is 0 Å². The molecule has 0 heterocycles. The molecule has 0 saturated heterocycles. The van der Waals surface area contributed by atoms with Crippen molar-refractivity contribution in [2.24, 2.45) is 0 Å². The molecule has 124 valence electrons. The number of rotatable bonds is 9. The van der Waals surface area contributed by atoms with Crippen molar-refractivity contribution in [1.82, 2.24) is 0 Å². The van der Waals surface area contributed by atoms with Crippen LogP contribution in [0.15, 0.2) is 42.5 Å². The highest BCUT2D eigenvalue weighted by atomic mass is 16.5. The molecule has 2 rings (SSSR count). The first kappa shape index (κ1) is 17.2. The van der Waals surface area contributed by atoms with E-state index in [9.17, 15) is 0 Å². The van der Waals surface area contributed by atoms with Gasteiger partial charge in [-0.1, -0.05) is 18.2 Å². The molecule has 2 N–H and O–H groups in total. The summed E-state index contributed by atoms with van der Waals surface area (Å²) < 4.78 is 16.3. The minimum Gasteiger partial charge on any atom is -0.496 e. The number of ether oxygens (including phenoxy) is 3. The third-order valence-corrected chi connectivity index (χ3v) is 3.72. The van der Waals surface area contributed by atoms with Crippen LogP contribution in [0.5, 0.6) is 17.2 Å². The average molecular weight is 316 g/mol. The fraction of sp³-hybridized carbons (Fsp3) is 0.368. The largest absolute Gasteiger partial charge is 0.496 e. The highest BCUT2D eigenvalue weighted by Crippen LogP contribution is 2.27. The Morgan fingerprint density at radius 2 is 1.70 bits per heavy atom. The van der Waals surface area contributed by atoms with Crippen LogP contribution in [-0.4, -0.2) is 27.4 Å². The van der Waals surface area contributed by atoms with Gasteiger partial charge in [-0.2, -0.15) is 0 Å². The maximum Gasteiger partial charge on any atom is 0.161 e. The van der Waals surface area contributed by atoms with Crippen molar-refractivity contribution < 1.29 is 19.5 Å². The van der Waals surface area contributed by atoms with Crippen molar-refractivity contribution in [2.45, 2.75) is 19.9 Å². The molecule has 4 nitrogen and oxygen atoms in total. The van der Waals surface area contributed by atoms with E-state index in [0.29, 0.717) is 6.61 Å². The molecule has 0 aromatic heterocycles. The lowest BCUT2D eigenvalue weighted by atomic mass is 10.1. The molecule has 2 aromatic rings. The summed E-state index contributed by atoms with van der Waals surface area (Å²) in [6.07, 6.45) is 0.985. The van der Waals surface area contributed by atoms with Crippen LogP contribution < -0.4 is 19.5 Å². The fourth-order valence-electron chi connectivity index (χ4n) is 2.55. The topological polar surface area (TPSA) is 44.3 Å². The van der Waals surface area contributed by atoms with Crippen molar-refractivity contribution in [1.29, 1.82) is 0 Å². The average Bonchev–Trinajstić information content (AvgIpc) is 2.59. The second kappa shape index (κ2) is 9.06. The Morgan fingerprint density at radius 3 is 2.43 bits per heavy atom. The first-order chi connectivity index (χ1) is 11.3. The van der Waals surface area contributed by atoms with Gasteiger partial charge in [0.15, 0.2) is 11.5 Å². The summed E-state index contributed by atoms with van der Waals surface area (Å²) in [5, 5.41) is 2.30. The van der Waals surface area contributed by atoms with Crippen molar-refractivity contribution in [3.63, 3.8) is 0 Å². The molecule has 0 aliphatic heterocycles. The number of nitrogens with two attached hydrogens (primary N) is 1. The predicted molar refractivity (Wildman–Crippen MR) is 91.4 cm³/mol. The van der Waals surface area contributed by atoms with E-state index in [4.69, 9.17) is 14.2 Å². The molecule has 23 heavy (non-hydrogen) atoms. The standard InChI is InChI=1S/C19H25NO3/c1-4-23-19-13-15(9-10-18(19)22-3)14-20-12-11-16-7-5-6-8-17(16)21-2/h5-10,13,20H,4,11-12,14H2,1-3H3/p+1. The first-order valence-electron chi connectivity index (χ1n) is 8.01. The Labute approximate surface area is 138 Å². The highest BCUT2D eigenvalue weighted by Gasteiger charge is 2.07. The third-order valence-electron chi connectivity index (χ3n) is 3.72. The second-order valence-electron chi connectivity index (χ2n) is 5.26. The van der Waals surface area contributed by atoms with Crippen molar-refractivity contribution in [2.75, 3.05) is 27.4 Å². The number of para-hydroxylation sites is 1. The summed E-state index contributed by atoms with van der Waals surface area (Å²) in [6.45, 7) is 4.54. The van der Waals surface area contributed by atoms with Crippen molar-refractivity contribution >= 4 is 0 Å². The van der Waals surface area contributed by atoms with E-state index in [1.165, 1.54) is 11.1 Å². The lowest BCUT2D eigenvalue weighted by Crippen LogP contribution is -2.83. The molecular weight excluding hydrogens is 290 g/mol. The van der Waals surface area contributed by atoms with Crippen LogP contribution in [0.4, 0.5) is 0 Å². The van der Waals surface area contributed by atoms with Crippen LogP contribution >= 0.6 is 0 Å². The molecule has 2 aromatic carbocycles. The van der Waals surface area contributed by atoms with Gasteiger partial charge in [0, 0.05) is 12.0 Å². The van der Waals surface area contributed by atoms with E-state index in [1.54, 1.807) is 14.2 Å². The number of hydrogen-bond acceptors (Lipinski definition) is 3. The Hall–Kier alpha value is -2.20. The highest BCUT2D eigenvalue weighted by molar-refractivity contribution is 5.42. The molecule has 0 spiro atoms. The smallest absolute Gasteiger partial charge is 0.161 e. The summed E-state index contributed by atoms with van der Waals surface area (Å²) in [6, 6.07) is 14.3. The zero-order valence-electron chi connectivity index (χ0n) is 14.2. The molecule has 0 aliphatic carbocycles. The second-order valence-corrected chi connectivity index (χ2v) is 5.26. The zero-order chi connectivity index (χ0) is 16.5. The van der Waals surface area contributed by atoms with Crippen molar-refractivity contribution in [3.05, 3.63) is 53.6 Å². The molecule has 0 amide bonds. The number of quaternary nitrogens is 1. The minimum atomic E-state index is 0.636. The van der Waals surface area contributed by atoms with Crippen LogP contribution in [0.3, 0.4) is 0 Å². The Bertz CT molecular complexity index is 613. The van der Waals surface area contributed by atoms with Crippen LogP contribution in [0.25, 0.3) is 0 Å². The molecular formula is C19H26NO3+. The lowest BCUT2D eigenvalue weighted by molar-refractivity contribution is -0.670. The number of benzene rings is 2. The monoisotopic (exact) mass is 316 g/mol. The van der Waals surface area contributed by atoms with Crippen LogP contribution in [0.2, 0.25) is 0 Å². The molecule has 0 saturated carbocycles. The van der Waals surface area contributed by atoms with Gasteiger partial charge in [0.1, 0.15) is 12.3 Å². The van der Waals surface area contributed by atoms with Crippen LogP contribution in [0, 0.1) is 0 Å². The van der Waals surface area contributed by atoms with Gasteiger partial charge >= 0.3 is 0 Å². The van der Waals surface area contributed by atoms with Gasteiger partial charge in [-0.15, -0.1) is 0 Å². The van der Waals surface area contributed by atoms with E-state index < -0.39 is 0 Å². The van der Waals surface area contributed by atoms with E-state index in [1.807, 2.05) is 25.1 Å². The maximum absolute atomic E-state index is 5.62. The van der Waals surface area contributed by atoms with Gasteiger partial charge in [0.25, 0.3) is 0 Å². The molecule has 0 atom stereocenters. The van der Waals surface area contributed by atoms with Gasteiger partial charge in [0.05, 0.1) is 27.4 Å². The summed E-state index contributed by atoms with van der Waals surface area (Å²) >= 11 is 0. The van der Waals surface area contributed by atoms with Gasteiger partial charge < -0.3 is 19.5 Å². The molecule has 0 fully saturated rings. The van der Waals surface area contributed by atoms with E-state index in [0.717, 1.165) is 36.8 Å². The number of hydrogen-bond donors (Lipinski definition) is 1. The predicted octanol–water partition coefficient (Wildman–Crippen LogP) is 2.41. The summed E-state index contributed by atoms with van der Waals surface area (Å²) in [4.78, 5) is 0. The van der Waals surface area contributed by atoms with E-state index in [2.05, 4.69) is 29.6 Å². The normalized spacial score (nSPS) is 10.4. The van der Waals surface area contributed by atoms with E-state index in [-0.39, 0.29) is 0 Å². The Kier molecular flexibility index (Phi) is 6.76. The summed E-state index contributed by atoms with van der Waals surface area (Å²) in [5.74, 6) is 2.55. The molecule has 0 radical (unpaired) electrons.